The lowest BCUT2D eigenvalue weighted by Crippen LogP contribution is -2.50. The molecule has 2 fully saturated rings. The Morgan fingerprint density at radius 1 is 1.07 bits per heavy atom. The Morgan fingerprint density at radius 3 is 2.24 bits per heavy atom. The van der Waals surface area contributed by atoms with Gasteiger partial charge >= 0.3 is 6.18 Å². The Hall–Kier alpha value is -3.64. The maximum Gasteiger partial charge on any atom is 0.405 e. The third-order valence-electron chi connectivity index (χ3n) is 7.58. The number of aromatic nitrogens is 2. The Bertz CT molecular complexity index is 1270. The highest BCUT2D eigenvalue weighted by molar-refractivity contribution is 6.01. The van der Waals surface area contributed by atoms with Gasteiger partial charge in [-0.15, -0.1) is 0 Å². The van der Waals surface area contributed by atoms with Crippen LogP contribution in [0.15, 0.2) is 24.4 Å². The number of hydrogen-bond acceptors (Lipinski definition) is 5. The van der Waals surface area contributed by atoms with E-state index in [1.165, 1.54) is 26.3 Å². The second kappa shape index (κ2) is 12.1. The van der Waals surface area contributed by atoms with Gasteiger partial charge in [0.25, 0.3) is 5.91 Å². The molecular formula is C28H35F4N5O4. The molecule has 3 amide bonds. The third-order valence-corrected chi connectivity index (χ3v) is 7.58. The lowest BCUT2D eigenvalue weighted by Gasteiger charge is -2.28. The van der Waals surface area contributed by atoms with Crippen molar-refractivity contribution >= 4 is 23.4 Å². The number of alkyl halides is 3. The van der Waals surface area contributed by atoms with Crippen LogP contribution in [0.4, 0.5) is 23.2 Å². The number of carbonyl (C=O) groups excluding carboxylic acids is 3. The summed E-state index contributed by atoms with van der Waals surface area (Å²) >= 11 is 0. The monoisotopic (exact) mass is 581 g/mol. The van der Waals surface area contributed by atoms with Gasteiger partial charge in [0.15, 0.2) is 0 Å². The molecule has 3 N–H and O–H groups in total. The minimum absolute atomic E-state index is 0.0127. The summed E-state index contributed by atoms with van der Waals surface area (Å²) < 4.78 is 59.7. The van der Waals surface area contributed by atoms with Gasteiger partial charge in [-0.1, -0.05) is 0 Å². The zero-order chi connectivity index (χ0) is 30.1. The number of ether oxygens (including phenoxy) is 1. The largest absolute Gasteiger partial charge is 0.496 e. The first-order valence-corrected chi connectivity index (χ1v) is 13.7. The van der Waals surface area contributed by atoms with Crippen molar-refractivity contribution in [3.05, 3.63) is 41.5 Å². The smallest absolute Gasteiger partial charge is 0.405 e. The lowest BCUT2D eigenvalue weighted by molar-refractivity contribution is -0.139. The first-order chi connectivity index (χ1) is 19.3. The van der Waals surface area contributed by atoms with Crippen LogP contribution < -0.4 is 20.7 Å². The van der Waals surface area contributed by atoms with E-state index in [9.17, 15) is 27.6 Å². The van der Waals surface area contributed by atoms with Crippen molar-refractivity contribution in [2.75, 3.05) is 19.0 Å². The molecule has 2 atom stereocenters. The van der Waals surface area contributed by atoms with Crippen LogP contribution in [0.2, 0.25) is 0 Å². The summed E-state index contributed by atoms with van der Waals surface area (Å²) in [6.07, 6.45) is 0.673. The van der Waals surface area contributed by atoms with Crippen molar-refractivity contribution in [3.63, 3.8) is 0 Å². The number of nitrogens with zero attached hydrogens (tertiary/aromatic N) is 2. The molecule has 4 rings (SSSR count). The van der Waals surface area contributed by atoms with Gasteiger partial charge in [-0.3, -0.25) is 19.1 Å². The molecule has 2 aliphatic carbocycles. The number of nitrogens with one attached hydrogen (secondary N) is 3. The molecule has 0 spiro atoms. The molecule has 13 heteroatoms. The molecule has 1 aromatic carbocycles. The quantitative estimate of drug-likeness (QED) is 0.318. The molecule has 0 aliphatic heterocycles. The Kier molecular flexibility index (Phi) is 8.93. The van der Waals surface area contributed by atoms with Crippen LogP contribution in [-0.4, -0.2) is 53.4 Å². The summed E-state index contributed by atoms with van der Waals surface area (Å²) in [5.74, 6) is -3.65. The van der Waals surface area contributed by atoms with Crippen molar-refractivity contribution in [1.82, 2.24) is 20.4 Å². The highest BCUT2D eigenvalue weighted by Crippen LogP contribution is 2.51. The molecule has 1 heterocycles. The molecule has 9 nitrogen and oxygen atoms in total. The second-order valence-electron chi connectivity index (χ2n) is 11.1. The van der Waals surface area contributed by atoms with Gasteiger partial charge in [-0.25, -0.2) is 4.39 Å². The highest BCUT2D eigenvalue weighted by atomic mass is 19.4. The number of methoxy groups -OCH3 is 1. The van der Waals surface area contributed by atoms with Crippen LogP contribution in [0, 0.1) is 23.6 Å². The van der Waals surface area contributed by atoms with E-state index in [-0.39, 0.29) is 40.8 Å². The molecule has 2 aromatic rings. The fourth-order valence-corrected chi connectivity index (χ4v) is 5.22. The third kappa shape index (κ3) is 7.36. The van der Waals surface area contributed by atoms with E-state index in [1.807, 2.05) is 13.8 Å². The van der Waals surface area contributed by atoms with Gasteiger partial charge in [0.05, 0.1) is 18.7 Å². The number of anilines is 1. The van der Waals surface area contributed by atoms with Crippen molar-refractivity contribution in [2.24, 2.45) is 17.8 Å². The van der Waals surface area contributed by atoms with Crippen LogP contribution >= 0.6 is 0 Å². The van der Waals surface area contributed by atoms with E-state index >= 15 is 4.39 Å². The first kappa shape index (κ1) is 30.3. The molecule has 0 bridgehead atoms. The summed E-state index contributed by atoms with van der Waals surface area (Å²) in [5.41, 5.74) is 0.0803. The first-order valence-electron chi connectivity index (χ1n) is 13.7. The number of carbonyl (C=O) groups is 3. The van der Waals surface area contributed by atoms with Crippen molar-refractivity contribution in [2.45, 2.75) is 70.6 Å². The van der Waals surface area contributed by atoms with Gasteiger partial charge in [0.2, 0.25) is 11.8 Å². The van der Waals surface area contributed by atoms with Crippen LogP contribution in [0.1, 0.15) is 74.5 Å². The van der Waals surface area contributed by atoms with E-state index in [0.717, 1.165) is 31.7 Å². The fourth-order valence-electron chi connectivity index (χ4n) is 5.22. The Balaban J connectivity index is 1.57. The minimum atomic E-state index is -4.60. The van der Waals surface area contributed by atoms with Gasteiger partial charge in [-0.05, 0) is 76.3 Å². The zero-order valence-electron chi connectivity index (χ0n) is 23.3. The predicted octanol–water partition coefficient (Wildman–Crippen LogP) is 4.57. The second-order valence-corrected chi connectivity index (χ2v) is 11.1. The van der Waals surface area contributed by atoms with Crippen molar-refractivity contribution in [3.8, 4) is 5.75 Å². The van der Waals surface area contributed by atoms with E-state index < -0.39 is 48.2 Å². The van der Waals surface area contributed by atoms with Crippen LogP contribution in [0.5, 0.6) is 5.75 Å². The molecule has 224 valence electrons. The molecule has 0 radical (unpaired) electrons. The number of halogens is 4. The SMILES string of the molecule is COc1cc(NC(=O)C(NC(=O)c2ccnn2C(C)C)C(C2CC2)C2CC2)c(F)cc1C(C)C(=O)NCC(F)(F)F. The van der Waals surface area contributed by atoms with Crippen molar-refractivity contribution in [1.29, 1.82) is 0 Å². The molecule has 2 saturated carbocycles. The van der Waals surface area contributed by atoms with Gasteiger partial charge < -0.3 is 20.7 Å². The van der Waals surface area contributed by atoms with Crippen LogP contribution in [-0.2, 0) is 9.59 Å². The van der Waals surface area contributed by atoms with E-state index in [2.05, 4.69) is 15.7 Å². The molecule has 0 saturated heterocycles. The summed E-state index contributed by atoms with van der Waals surface area (Å²) in [6, 6.07) is 2.70. The molecule has 2 unspecified atom stereocenters. The van der Waals surface area contributed by atoms with E-state index in [4.69, 9.17) is 4.74 Å². The maximum absolute atomic E-state index is 15.3. The van der Waals surface area contributed by atoms with E-state index in [1.54, 1.807) is 16.1 Å². The maximum atomic E-state index is 15.3. The fraction of sp³-hybridized carbons (Fsp3) is 0.571. The number of hydrogen-bond donors (Lipinski definition) is 3. The summed E-state index contributed by atoms with van der Waals surface area (Å²) in [6.45, 7) is 3.56. The number of benzene rings is 1. The van der Waals surface area contributed by atoms with Crippen LogP contribution in [0.3, 0.4) is 0 Å². The van der Waals surface area contributed by atoms with Gasteiger partial charge in [0, 0.05) is 23.9 Å². The molecular weight excluding hydrogens is 546 g/mol. The number of amides is 3. The summed E-state index contributed by atoms with van der Waals surface area (Å²) in [4.78, 5) is 39.3. The molecule has 2 aliphatic rings. The average Bonchev–Trinajstić information content (AvgIpc) is 3.86. The zero-order valence-corrected chi connectivity index (χ0v) is 23.3. The topological polar surface area (TPSA) is 114 Å². The Labute approximate surface area is 235 Å². The van der Waals surface area contributed by atoms with Gasteiger partial charge in [-0.2, -0.15) is 18.3 Å². The normalized spacial score (nSPS) is 16.8. The minimum Gasteiger partial charge on any atom is -0.496 e. The molecule has 1 aromatic heterocycles. The van der Waals surface area contributed by atoms with Crippen LogP contribution in [0.25, 0.3) is 0 Å². The summed E-state index contributed by atoms with van der Waals surface area (Å²) in [7, 11) is 1.26. The highest BCUT2D eigenvalue weighted by Gasteiger charge is 2.48. The molecule has 41 heavy (non-hydrogen) atoms. The van der Waals surface area contributed by atoms with Crippen molar-refractivity contribution < 1.29 is 36.7 Å². The van der Waals surface area contributed by atoms with Gasteiger partial charge in [0.1, 0.15) is 29.8 Å². The summed E-state index contributed by atoms with van der Waals surface area (Å²) in [5, 5.41) is 11.4. The van der Waals surface area contributed by atoms with E-state index in [0.29, 0.717) is 5.69 Å². The number of rotatable bonds is 12. The lowest BCUT2D eigenvalue weighted by atomic mass is 9.88. The average molecular weight is 582 g/mol. The Morgan fingerprint density at radius 2 is 1.71 bits per heavy atom. The predicted molar refractivity (Wildman–Crippen MR) is 142 cm³/mol. The standard InChI is InChI=1S/C28H35F4N5O4/c1-14(2)37-21(9-10-34-37)26(39)36-24(23(16-5-6-16)17-7-8-17)27(40)35-20-12-22(41-4)18(11-19(20)29)15(3)25(38)33-13-28(30,31)32/h9-12,14-17,23-24H,5-8,13H2,1-4H3,(H,33,38)(H,35,40)(H,36,39).